The quantitative estimate of drug-likeness (QED) is 0.762. The summed E-state index contributed by atoms with van der Waals surface area (Å²) in [6, 6.07) is 5.98. The Morgan fingerprint density at radius 3 is 2.82 bits per heavy atom. The number of nitrogens with one attached hydrogen (secondary N) is 1. The molecule has 1 rings (SSSR count). The molecule has 4 heteroatoms. The van der Waals surface area contributed by atoms with E-state index >= 15 is 0 Å². The molecule has 0 radical (unpaired) electrons. The number of hydrogen-bond donors (Lipinski definition) is 1. The number of aryl methyl sites for hydroxylation is 1. The minimum absolute atomic E-state index is 0.343. The minimum atomic E-state index is 0.343. The van der Waals surface area contributed by atoms with Crippen molar-refractivity contribution in [3.63, 3.8) is 0 Å². The zero-order valence-corrected chi connectivity index (χ0v) is 11.4. The van der Waals surface area contributed by atoms with Gasteiger partial charge in [0.15, 0.2) is 0 Å². The number of methoxy groups -OCH3 is 1. The van der Waals surface area contributed by atoms with E-state index in [9.17, 15) is 0 Å². The van der Waals surface area contributed by atoms with Gasteiger partial charge in [0, 0.05) is 24.7 Å². The average molecular weight is 258 g/mol. The summed E-state index contributed by atoms with van der Waals surface area (Å²) < 4.78 is 10.7. The maximum absolute atomic E-state index is 5.87. The Morgan fingerprint density at radius 2 is 2.18 bits per heavy atom. The van der Waals surface area contributed by atoms with Crippen LogP contribution in [0.25, 0.3) is 0 Å². The fourth-order valence-corrected chi connectivity index (χ4v) is 1.78. The summed E-state index contributed by atoms with van der Waals surface area (Å²) in [5, 5.41) is 4.05. The first-order valence-corrected chi connectivity index (χ1v) is 6.12. The van der Waals surface area contributed by atoms with Gasteiger partial charge < -0.3 is 14.8 Å². The van der Waals surface area contributed by atoms with Gasteiger partial charge >= 0.3 is 0 Å². The predicted molar refractivity (Wildman–Crippen MR) is 71.0 cm³/mol. The van der Waals surface area contributed by atoms with Gasteiger partial charge in [-0.15, -0.1) is 0 Å². The van der Waals surface area contributed by atoms with Crippen molar-refractivity contribution in [2.24, 2.45) is 0 Å². The Bertz CT molecular complexity index is 344. The summed E-state index contributed by atoms with van der Waals surface area (Å²) in [7, 11) is 1.70. The van der Waals surface area contributed by atoms with Crippen LogP contribution < -0.4 is 10.1 Å². The van der Waals surface area contributed by atoms with Crippen LogP contribution >= 0.6 is 11.6 Å². The molecule has 0 fully saturated rings. The molecule has 96 valence electrons. The van der Waals surface area contributed by atoms with Crippen molar-refractivity contribution in [2.75, 3.05) is 26.9 Å². The fourth-order valence-electron chi connectivity index (χ4n) is 1.55. The van der Waals surface area contributed by atoms with Crippen molar-refractivity contribution in [3.8, 4) is 5.75 Å². The molecule has 0 saturated carbocycles. The molecular weight excluding hydrogens is 238 g/mol. The van der Waals surface area contributed by atoms with Crippen molar-refractivity contribution in [1.82, 2.24) is 5.32 Å². The highest BCUT2D eigenvalue weighted by Gasteiger charge is 2.02. The van der Waals surface area contributed by atoms with Crippen LogP contribution in [0.1, 0.15) is 12.5 Å². The lowest BCUT2D eigenvalue weighted by Crippen LogP contribution is -2.33. The van der Waals surface area contributed by atoms with Crippen LogP contribution in [-0.2, 0) is 4.74 Å². The number of benzene rings is 1. The van der Waals surface area contributed by atoms with Gasteiger partial charge in [-0.1, -0.05) is 11.6 Å². The molecule has 1 atom stereocenters. The first kappa shape index (κ1) is 14.3. The molecule has 0 saturated heterocycles. The van der Waals surface area contributed by atoms with E-state index in [-0.39, 0.29) is 0 Å². The fraction of sp³-hybridized carbons (Fsp3) is 0.538. The number of hydrogen-bond acceptors (Lipinski definition) is 3. The van der Waals surface area contributed by atoms with Crippen molar-refractivity contribution < 1.29 is 9.47 Å². The van der Waals surface area contributed by atoms with Crippen LogP contribution in [0.4, 0.5) is 0 Å². The second-order valence-electron chi connectivity index (χ2n) is 4.07. The monoisotopic (exact) mass is 257 g/mol. The second-order valence-corrected chi connectivity index (χ2v) is 4.51. The summed E-state index contributed by atoms with van der Waals surface area (Å²) in [4.78, 5) is 0. The highest BCUT2D eigenvalue weighted by molar-refractivity contribution is 6.30. The molecule has 0 aliphatic heterocycles. The zero-order chi connectivity index (χ0) is 12.7. The van der Waals surface area contributed by atoms with Crippen LogP contribution in [0, 0.1) is 6.92 Å². The Hall–Kier alpha value is -0.770. The molecule has 1 aromatic rings. The van der Waals surface area contributed by atoms with Crippen molar-refractivity contribution in [3.05, 3.63) is 28.8 Å². The van der Waals surface area contributed by atoms with E-state index in [1.165, 1.54) is 0 Å². The molecule has 1 unspecified atom stereocenters. The standard InChI is InChI=1S/C13H20ClNO2/c1-10-8-12(14)4-5-13(10)17-7-6-15-11(2)9-16-3/h4-5,8,11,15H,6-7,9H2,1-3H3. The smallest absolute Gasteiger partial charge is 0.122 e. The summed E-state index contributed by atoms with van der Waals surface area (Å²) in [6.45, 7) is 6.21. The van der Waals surface area contributed by atoms with Crippen LogP contribution in [0.15, 0.2) is 18.2 Å². The topological polar surface area (TPSA) is 30.5 Å². The van der Waals surface area contributed by atoms with Crippen LogP contribution in [0.5, 0.6) is 5.75 Å². The third kappa shape index (κ3) is 5.39. The van der Waals surface area contributed by atoms with Crippen molar-refractivity contribution in [1.29, 1.82) is 0 Å². The van der Waals surface area contributed by atoms with E-state index in [1.807, 2.05) is 25.1 Å². The molecule has 0 aliphatic rings. The Kier molecular flexibility index (Phi) is 6.34. The SMILES string of the molecule is COCC(C)NCCOc1ccc(Cl)cc1C. The highest BCUT2D eigenvalue weighted by Crippen LogP contribution is 2.21. The lowest BCUT2D eigenvalue weighted by Gasteiger charge is -2.14. The number of halogens is 1. The first-order valence-electron chi connectivity index (χ1n) is 5.74. The summed E-state index contributed by atoms with van der Waals surface area (Å²) in [5.41, 5.74) is 1.06. The molecule has 0 spiro atoms. The molecule has 0 aromatic heterocycles. The van der Waals surface area contributed by atoms with Crippen LogP contribution in [0.3, 0.4) is 0 Å². The average Bonchev–Trinajstić information content (AvgIpc) is 2.27. The van der Waals surface area contributed by atoms with E-state index in [0.717, 1.165) is 22.9 Å². The van der Waals surface area contributed by atoms with E-state index in [0.29, 0.717) is 19.3 Å². The lowest BCUT2D eigenvalue weighted by atomic mass is 10.2. The maximum atomic E-state index is 5.87. The third-order valence-corrected chi connectivity index (χ3v) is 2.64. The molecule has 17 heavy (non-hydrogen) atoms. The zero-order valence-electron chi connectivity index (χ0n) is 10.6. The third-order valence-electron chi connectivity index (χ3n) is 2.41. The Labute approximate surface area is 108 Å². The van der Waals surface area contributed by atoms with Gasteiger partial charge in [-0.25, -0.2) is 0 Å². The van der Waals surface area contributed by atoms with Gasteiger partial charge in [0.25, 0.3) is 0 Å². The summed E-state index contributed by atoms with van der Waals surface area (Å²) in [5.74, 6) is 0.885. The predicted octanol–water partition coefficient (Wildman–Crippen LogP) is 2.65. The molecule has 3 nitrogen and oxygen atoms in total. The number of ether oxygens (including phenoxy) is 2. The molecule has 1 N–H and O–H groups in total. The molecule has 1 aromatic carbocycles. The van der Waals surface area contributed by atoms with Gasteiger partial charge in [-0.2, -0.15) is 0 Å². The molecule has 0 bridgehead atoms. The van der Waals surface area contributed by atoms with Gasteiger partial charge in [-0.3, -0.25) is 0 Å². The largest absolute Gasteiger partial charge is 0.492 e. The van der Waals surface area contributed by atoms with E-state index < -0.39 is 0 Å². The molecule has 0 aliphatic carbocycles. The van der Waals surface area contributed by atoms with Gasteiger partial charge in [0.2, 0.25) is 0 Å². The Balaban J connectivity index is 2.26. The van der Waals surface area contributed by atoms with Gasteiger partial charge in [0.05, 0.1) is 6.61 Å². The normalized spacial score (nSPS) is 12.5. The molecular formula is C13H20ClNO2. The van der Waals surface area contributed by atoms with E-state index in [4.69, 9.17) is 21.1 Å². The molecule has 0 heterocycles. The highest BCUT2D eigenvalue weighted by atomic mass is 35.5. The van der Waals surface area contributed by atoms with Gasteiger partial charge in [-0.05, 0) is 37.6 Å². The van der Waals surface area contributed by atoms with Gasteiger partial charge in [0.1, 0.15) is 12.4 Å². The maximum Gasteiger partial charge on any atom is 0.122 e. The summed E-state index contributed by atoms with van der Waals surface area (Å²) >= 11 is 5.87. The van der Waals surface area contributed by atoms with E-state index in [2.05, 4.69) is 12.2 Å². The summed E-state index contributed by atoms with van der Waals surface area (Å²) in [6.07, 6.45) is 0. The molecule has 0 amide bonds. The van der Waals surface area contributed by atoms with Crippen LogP contribution in [0.2, 0.25) is 5.02 Å². The lowest BCUT2D eigenvalue weighted by molar-refractivity contribution is 0.169. The van der Waals surface area contributed by atoms with Crippen molar-refractivity contribution in [2.45, 2.75) is 19.9 Å². The van der Waals surface area contributed by atoms with Crippen LogP contribution in [-0.4, -0.2) is 32.9 Å². The van der Waals surface area contributed by atoms with Crippen molar-refractivity contribution >= 4 is 11.6 Å². The minimum Gasteiger partial charge on any atom is -0.492 e. The van der Waals surface area contributed by atoms with E-state index in [1.54, 1.807) is 7.11 Å². The number of rotatable bonds is 7. The second kappa shape index (κ2) is 7.54. The Morgan fingerprint density at radius 1 is 1.41 bits per heavy atom. The first-order chi connectivity index (χ1) is 8.13.